The van der Waals surface area contributed by atoms with Crippen molar-refractivity contribution in [3.05, 3.63) is 41.6 Å². The van der Waals surface area contributed by atoms with Crippen molar-refractivity contribution >= 4 is 10.9 Å². The molecule has 1 heterocycles. The van der Waals surface area contributed by atoms with E-state index in [1.807, 2.05) is 13.8 Å². The van der Waals surface area contributed by atoms with Gasteiger partial charge in [-0.2, -0.15) is 0 Å². The van der Waals surface area contributed by atoms with E-state index in [-0.39, 0.29) is 12.1 Å². The van der Waals surface area contributed by atoms with Gasteiger partial charge >= 0.3 is 0 Å². The Morgan fingerprint density at radius 1 is 1.19 bits per heavy atom. The van der Waals surface area contributed by atoms with Crippen molar-refractivity contribution in [3.63, 3.8) is 0 Å². The number of nitrogens with zero attached hydrogens (tertiary/aromatic N) is 1. The lowest BCUT2D eigenvalue weighted by Crippen LogP contribution is -2.32. The van der Waals surface area contributed by atoms with E-state index in [4.69, 9.17) is 4.74 Å². The normalized spacial score (nSPS) is 14.3. The maximum atomic E-state index is 5.81. The van der Waals surface area contributed by atoms with Crippen LogP contribution in [0.2, 0.25) is 0 Å². The summed E-state index contributed by atoms with van der Waals surface area (Å²) in [6.45, 7) is 10.1. The fourth-order valence-corrected chi connectivity index (χ4v) is 2.65. The van der Waals surface area contributed by atoms with Crippen molar-refractivity contribution in [3.8, 4) is 0 Å². The highest BCUT2D eigenvalue weighted by molar-refractivity contribution is 5.79. The van der Waals surface area contributed by atoms with Gasteiger partial charge in [0, 0.05) is 17.7 Å². The number of rotatable bonds is 7. The second-order valence-electron chi connectivity index (χ2n) is 5.50. The van der Waals surface area contributed by atoms with E-state index < -0.39 is 0 Å². The zero-order valence-corrected chi connectivity index (χ0v) is 13.5. The number of aryl methyl sites for hydroxylation is 1. The van der Waals surface area contributed by atoms with E-state index in [1.54, 1.807) is 0 Å². The third-order valence-corrected chi connectivity index (χ3v) is 3.72. The molecule has 0 bridgehead atoms. The van der Waals surface area contributed by atoms with Crippen LogP contribution in [-0.2, 0) is 4.74 Å². The van der Waals surface area contributed by atoms with Crippen LogP contribution in [0.5, 0.6) is 0 Å². The van der Waals surface area contributed by atoms with E-state index in [0.29, 0.717) is 0 Å². The van der Waals surface area contributed by atoms with Gasteiger partial charge in [0.2, 0.25) is 0 Å². The van der Waals surface area contributed by atoms with Crippen LogP contribution in [-0.4, -0.2) is 24.2 Å². The predicted octanol–water partition coefficient (Wildman–Crippen LogP) is 4.01. The van der Waals surface area contributed by atoms with E-state index in [2.05, 4.69) is 54.5 Å². The van der Waals surface area contributed by atoms with Crippen LogP contribution in [0.3, 0.4) is 0 Å². The van der Waals surface area contributed by atoms with Gasteiger partial charge in [-0.05, 0) is 57.5 Å². The average Bonchev–Trinajstić information content (AvgIpc) is 2.48. The van der Waals surface area contributed by atoms with Crippen LogP contribution in [0.25, 0.3) is 10.9 Å². The summed E-state index contributed by atoms with van der Waals surface area (Å²) in [7, 11) is 0. The van der Waals surface area contributed by atoms with Gasteiger partial charge in [-0.25, -0.2) is 0 Å². The van der Waals surface area contributed by atoms with Gasteiger partial charge in [0.25, 0.3) is 0 Å². The number of benzene rings is 1. The molecule has 2 unspecified atom stereocenters. The van der Waals surface area contributed by atoms with Gasteiger partial charge in [-0.15, -0.1) is 0 Å². The predicted molar refractivity (Wildman–Crippen MR) is 88.6 cm³/mol. The molecule has 1 aromatic carbocycles. The van der Waals surface area contributed by atoms with Crippen LogP contribution in [0.4, 0.5) is 0 Å². The summed E-state index contributed by atoms with van der Waals surface area (Å²) in [4.78, 5) is 4.57. The first-order valence-electron chi connectivity index (χ1n) is 7.88. The molecule has 0 aliphatic heterocycles. The second kappa shape index (κ2) is 7.53. The molecule has 0 saturated carbocycles. The van der Waals surface area contributed by atoms with Gasteiger partial charge in [0.05, 0.1) is 17.7 Å². The summed E-state index contributed by atoms with van der Waals surface area (Å²) < 4.78 is 5.81. The van der Waals surface area contributed by atoms with Crippen LogP contribution < -0.4 is 5.32 Å². The number of ether oxygens (including phenoxy) is 1. The van der Waals surface area contributed by atoms with Crippen molar-refractivity contribution in [1.82, 2.24) is 10.3 Å². The molecule has 0 saturated heterocycles. The molecule has 0 aliphatic carbocycles. The van der Waals surface area contributed by atoms with Crippen molar-refractivity contribution in [1.29, 1.82) is 0 Å². The molecular weight excluding hydrogens is 260 g/mol. The Morgan fingerprint density at radius 2 is 2.00 bits per heavy atom. The molecule has 21 heavy (non-hydrogen) atoms. The molecule has 1 aromatic heterocycles. The molecule has 0 spiro atoms. The Balaban J connectivity index is 2.31. The minimum atomic E-state index is 0.150. The number of fused-ring (bicyclic) bond motifs is 1. The monoisotopic (exact) mass is 286 g/mol. The van der Waals surface area contributed by atoms with E-state index in [1.165, 1.54) is 10.9 Å². The molecule has 114 valence electrons. The molecule has 2 rings (SSSR count). The molecule has 0 aliphatic rings. The fourth-order valence-electron chi connectivity index (χ4n) is 2.65. The van der Waals surface area contributed by atoms with Gasteiger partial charge in [-0.1, -0.05) is 19.1 Å². The minimum Gasteiger partial charge on any atom is -0.377 e. The molecule has 0 amide bonds. The Bertz CT molecular complexity index is 582. The van der Waals surface area contributed by atoms with Crippen molar-refractivity contribution in [2.45, 2.75) is 46.3 Å². The van der Waals surface area contributed by atoms with Crippen LogP contribution in [0.1, 0.15) is 44.5 Å². The largest absolute Gasteiger partial charge is 0.377 e. The van der Waals surface area contributed by atoms with E-state index >= 15 is 0 Å². The lowest BCUT2D eigenvalue weighted by atomic mass is 9.99. The third kappa shape index (κ3) is 4.02. The first-order valence-corrected chi connectivity index (χ1v) is 7.88. The second-order valence-corrected chi connectivity index (χ2v) is 5.50. The van der Waals surface area contributed by atoms with E-state index in [9.17, 15) is 0 Å². The first-order chi connectivity index (χ1) is 10.2. The van der Waals surface area contributed by atoms with Crippen LogP contribution in [0.15, 0.2) is 30.3 Å². The molecular formula is C18H26N2O. The van der Waals surface area contributed by atoms with Crippen LogP contribution >= 0.6 is 0 Å². The maximum absolute atomic E-state index is 5.81. The maximum Gasteiger partial charge on any atom is 0.0741 e. The van der Waals surface area contributed by atoms with Gasteiger partial charge in [0.15, 0.2) is 0 Å². The molecule has 0 radical (unpaired) electrons. The number of nitrogens with one attached hydrogen (secondary N) is 1. The molecule has 0 fully saturated rings. The quantitative estimate of drug-likeness (QED) is 0.835. The van der Waals surface area contributed by atoms with Gasteiger partial charge < -0.3 is 10.1 Å². The number of aromatic nitrogens is 1. The van der Waals surface area contributed by atoms with E-state index in [0.717, 1.165) is 30.8 Å². The zero-order valence-electron chi connectivity index (χ0n) is 13.5. The lowest BCUT2D eigenvalue weighted by Gasteiger charge is -2.26. The SMILES string of the molecule is CCCNC(c1ccc2nc(C)ccc2c1)C(C)OCC. The zero-order chi connectivity index (χ0) is 15.2. The molecule has 1 N–H and O–H groups in total. The Labute approximate surface area is 127 Å². The highest BCUT2D eigenvalue weighted by Gasteiger charge is 2.19. The van der Waals surface area contributed by atoms with Gasteiger partial charge in [0.1, 0.15) is 0 Å². The van der Waals surface area contributed by atoms with Gasteiger partial charge in [-0.3, -0.25) is 4.98 Å². The molecule has 2 atom stereocenters. The summed E-state index contributed by atoms with van der Waals surface area (Å²) in [6, 6.07) is 10.9. The topological polar surface area (TPSA) is 34.2 Å². The number of pyridine rings is 1. The Morgan fingerprint density at radius 3 is 2.71 bits per heavy atom. The smallest absolute Gasteiger partial charge is 0.0741 e. The third-order valence-electron chi connectivity index (χ3n) is 3.72. The number of hydrogen-bond acceptors (Lipinski definition) is 3. The first kappa shape index (κ1) is 15.9. The van der Waals surface area contributed by atoms with Crippen molar-refractivity contribution in [2.75, 3.05) is 13.2 Å². The number of hydrogen-bond donors (Lipinski definition) is 1. The average molecular weight is 286 g/mol. The van der Waals surface area contributed by atoms with Crippen LogP contribution in [0, 0.1) is 6.92 Å². The molecule has 3 heteroatoms. The van der Waals surface area contributed by atoms with Crippen molar-refractivity contribution < 1.29 is 4.74 Å². The summed E-state index contributed by atoms with van der Waals surface area (Å²) in [5.41, 5.74) is 3.37. The summed E-state index contributed by atoms with van der Waals surface area (Å²) in [5.74, 6) is 0. The van der Waals surface area contributed by atoms with Crippen molar-refractivity contribution in [2.24, 2.45) is 0 Å². The Kier molecular flexibility index (Phi) is 5.71. The Hall–Kier alpha value is -1.45. The summed E-state index contributed by atoms with van der Waals surface area (Å²) in [6.07, 6.45) is 1.27. The lowest BCUT2D eigenvalue weighted by molar-refractivity contribution is 0.0473. The fraction of sp³-hybridized carbons (Fsp3) is 0.500. The highest BCUT2D eigenvalue weighted by Crippen LogP contribution is 2.23. The summed E-state index contributed by atoms with van der Waals surface area (Å²) >= 11 is 0. The summed E-state index contributed by atoms with van der Waals surface area (Å²) in [5, 5.41) is 4.79. The molecule has 2 aromatic rings. The minimum absolute atomic E-state index is 0.150. The highest BCUT2D eigenvalue weighted by atomic mass is 16.5. The molecule has 3 nitrogen and oxygen atoms in total. The standard InChI is InChI=1S/C18H26N2O/c1-5-11-19-18(14(4)21-6-2)16-9-10-17-15(12-16)8-7-13(3)20-17/h7-10,12,14,18-19H,5-6,11H2,1-4H3.